The van der Waals surface area contributed by atoms with Crippen molar-refractivity contribution in [3.63, 3.8) is 0 Å². The summed E-state index contributed by atoms with van der Waals surface area (Å²) in [5, 5.41) is 19.1. The largest absolute Gasteiger partial charge is 0.462 e. The highest BCUT2D eigenvalue weighted by Gasteiger charge is 2.30. The van der Waals surface area contributed by atoms with E-state index in [4.69, 9.17) is 16.3 Å². The number of aryl methyl sites for hydroxylation is 1. The van der Waals surface area contributed by atoms with Gasteiger partial charge in [0.25, 0.3) is 5.91 Å². The Labute approximate surface area is 156 Å². The molecule has 3 rings (SSSR count). The highest BCUT2D eigenvalue weighted by Crippen LogP contribution is 2.39. The van der Waals surface area contributed by atoms with Crippen molar-refractivity contribution < 1.29 is 19.2 Å². The van der Waals surface area contributed by atoms with Crippen LogP contribution in [0.5, 0.6) is 0 Å². The monoisotopic (exact) mass is 398 g/mol. The zero-order chi connectivity index (χ0) is 18.8. The van der Waals surface area contributed by atoms with Crippen LogP contribution in [0.15, 0.2) is 0 Å². The predicted molar refractivity (Wildman–Crippen MR) is 95.1 cm³/mol. The molecule has 11 heteroatoms. The Bertz CT molecular complexity index is 891. The Morgan fingerprint density at radius 3 is 2.81 bits per heavy atom. The van der Waals surface area contributed by atoms with Crippen LogP contribution >= 0.6 is 22.9 Å². The quantitative estimate of drug-likeness (QED) is 0.451. The first-order chi connectivity index (χ1) is 12.4. The normalized spacial score (nSPS) is 13.2. The van der Waals surface area contributed by atoms with E-state index < -0.39 is 22.6 Å². The molecule has 0 aliphatic heterocycles. The summed E-state index contributed by atoms with van der Waals surface area (Å²) in [5.74, 6) is -1.79. The summed E-state index contributed by atoms with van der Waals surface area (Å²) < 4.78 is 5.12. The fourth-order valence-corrected chi connectivity index (χ4v) is 4.34. The Morgan fingerprint density at radius 1 is 1.42 bits per heavy atom. The molecule has 2 aromatic rings. The van der Waals surface area contributed by atoms with Crippen LogP contribution in [-0.2, 0) is 17.6 Å². The first-order valence-electron chi connectivity index (χ1n) is 7.95. The second-order valence-corrected chi connectivity index (χ2v) is 7.06. The van der Waals surface area contributed by atoms with Crippen LogP contribution in [0, 0.1) is 10.1 Å². The van der Waals surface area contributed by atoms with Gasteiger partial charge >= 0.3 is 11.8 Å². The second-order valence-electron chi connectivity index (χ2n) is 5.58. The van der Waals surface area contributed by atoms with E-state index in [1.54, 1.807) is 6.92 Å². The molecule has 1 amide bonds. The van der Waals surface area contributed by atoms with Crippen molar-refractivity contribution in [2.45, 2.75) is 32.6 Å². The topological polar surface area (TPSA) is 127 Å². The number of amides is 1. The fourth-order valence-electron chi connectivity index (χ4n) is 2.83. The Hall–Kier alpha value is -2.46. The summed E-state index contributed by atoms with van der Waals surface area (Å²) in [7, 11) is 0. The number of anilines is 1. The molecule has 0 bridgehead atoms. The maximum atomic E-state index is 12.5. The number of thiophene rings is 1. The van der Waals surface area contributed by atoms with Gasteiger partial charge in [-0.1, -0.05) is 16.7 Å². The van der Waals surface area contributed by atoms with E-state index in [0.29, 0.717) is 10.6 Å². The van der Waals surface area contributed by atoms with Gasteiger partial charge in [-0.2, -0.15) is 0 Å². The van der Waals surface area contributed by atoms with Crippen molar-refractivity contribution in [2.24, 2.45) is 0 Å². The molecule has 2 N–H and O–H groups in total. The molecule has 0 radical (unpaired) electrons. The van der Waals surface area contributed by atoms with E-state index in [1.807, 2.05) is 0 Å². The molecule has 9 nitrogen and oxygen atoms in total. The minimum absolute atomic E-state index is 0.216. The number of hydrogen-bond acceptors (Lipinski definition) is 7. The Balaban J connectivity index is 1.94. The molecule has 0 fully saturated rings. The summed E-state index contributed by atoms with van der Waals surface area (Å²) in [5.41, 5.74) is 0.940. The van der Waals surface area contributed by atoms with Crippen molar-refractivity contribution in [3.05, 3.63) is 36.8 Å². The number of nitro groups is 1. The SMILES string of the molecule is CCOC(=O)c1c(NC(=O)c2n[nH]c([N+](=O)[O-])c2Cl)sc2c1CCCC2. The number of halogens is 1. The Morgan fingerprint density at radius 2 is 2.15 bits per heavy atom. The summed E-state index contributed by atoms with van der Waals surface area (Å²) in [6.07, 6.45) is 3.54. The van der Waals surface area contributed by atoms with Gasteiger partial charge in [0.05, 0.1) is 12.2 Å². The first kappa shape index (κ1) is 18.3. The number of nitrogens with zero attached hydrogens (tertiary/aromatic N) is 2. The van der Waals surface area contributed by atoms with Gasteiger partial charge in [0.2, 0.25) is 0 Å². The molecule has 1 aliphatic carbocycles. The average Bonchev–Trinajstić information content (AvgIpc) is 3.15. The van der Waals surface area contributed by atoms with Gasteiger partial charge in [0, 0.05) is 4.88 Å². The van der Waals surface area contributed by atoms with Crippen LogP contribution in [0.1, 0.15) is 51.1 Å². The molecule has 0 atom stereocenters. The lowest BCUT2D eigenvalue weighted by atomic mass is 9.95. The molecule has 0 saturated carbocycles. The number of esters is 1. The average molecular weight is 399 g/mol. The second kappa shape index (κ2) is 7.42. The molecule has 138 valence electrons. The van der Waals surface area contributed by atoms with Crippen LogP contribution in [0.4, 0.5) is 10.8 Å². The fraction of sp³-hybridized carbons (Fsp3) is 0.400. The van der Waals surface area contributed by atoms with Gasteiger partial charge in [0.15, 0.2) is 10.7 Å². The van der Waals surface area contributed by atoms with Gasteiger partial charge in [-0.3, -0.25) is 4.79 Å². The number of aromatic amines is 1. The summed E-state index contributed by atoms with van der Waals surface area (Å²) in [6, 6.07) is 0. The number of carbonyl (C=O) groups is 2. The number of aromatic nitrogens is 2. The van der Waals surface area contributed by atoms with Gasteiger partial charge in [-0.25, -0.2) is 4.79 Å². The smallest absolute Gasteiger partial charge is 0.362 e. The van der Waals surface area contributed by atoms with Crippen molar-refractivity contribution in [1.29, 1.82) is 0 Å². The number of ether oxygens (including phenoxy) is 1. The van der Waals surface area contributed by atoms with E-state index >= 15 is 0 Å². The number of rotatable bonds is 5. The maximum Gasteiger partial charge on any atom is 0.362 e. The lowest BCUT2D eigenvalue weighted by Crippen LogP contribution is -2.16. The zero-order valence-corrected chi connectivity index (χ0v) is 15.3. The van der Waals surface area contributed by atoms with Gasteiger partial charge in [0.1, 0.15) is 5.00 Å². The van der Waals surface area contributed by atoms with Gasteiger partial charge < -0.3 is 20.2 Å². The molecule has 1 aliphatic rings. The van der Waals surface area contributed by atoms with Crippen LogP contribution < -0.4 is 5.32 Å². The Kier molecular flexibility index (Phi) is 5.23. The number of nitrogens with one attached hydrogen (secondary N) is 2. The van der Waals surface area contributed by atoms with Crippen molar-refractivity contribution >= 4 is 45.6 Å². The lowest BCUT2D eigenvalue weighted by molar-refractivity contribution is -0.389. The molecular formula is C15H15ClN4O5S. The highest BCUT2D eigenvalue weighted by molar-refractivity contribution is 7.17. The maximum absolute atomic E-state index is 12.5. The van der Waals surface area contributed by atoms with E-state index in [0.717, 1.165) is 36.1 Å². The van der Waals surface area contributed by atoms with Crippen LogP contribution in [0.3, 0.4) is 0 Å². The molecule has 0 aromatic carbocycles. The first-order valence-corrected chi connectivity index (χ1v) is 9.14. The third-order valence-electron chi connectivity index (χ3n) is 3.96. The molecule has 2 heterocycles. The molecule has 2 aromatic heterocycles. The summed E-state index contributed by atoms with van der Waals surface area (Å²) >= 11 is 7.16. The zero-order valence-electron chi connectivity index (χ0n) is 13.8. The van der Waals surface area contributed by atoms with Crippen LogP contribution in [-0.4, -0.2) is 33.6 Å². The minimum atomic E-state index is -0.764. The van der Waals surface area contributed by atoms with Gasteiger partial charge in [-0.05, 0) is 43.1 Å². The summed E-state index contributed by atoms with van der Waals surface area (Å²) in [6.45, 7) is 1.92. The molecule has 0 saturated heterocycles. The number of fused-ring (bicyclic) bond motifs is 1. The van der Waals surface area contributed by atoms with Crippen molar-refractivity contribution in [2.75, 3.05) is 11.9 Å². The number of hydrogen-bond donors (Lipinski definition) is 2. The van der Waals surface area contributed by atoms with Crippen molar-refractivity contribution in [1.82, 2.24) is 10.2 Å². The van der Waals surface area contributed by atoms with Crippen LogP contribution in [0.25, 0.3) is 0 Å². The highest BCUT2D eigenvalue weighted by atomic mass is 35.5. The predicted octanol–water partition coefficient (Wildman–Crippen LogP) is 3.34. The van der Waals surface area contributed by atoms with Crippen LogP contribution in [0.2, 0.25) is 5.02 Å². The standard InChI is InChI=1S/C15H15ClN4O5S/c1-2-25-15(22)9-7-5-3-4-6-8(7)26-14(9)17-13(21)11-10(16)12(19-18-11)20(23)24/h2-6H2,1H3,(H,17,21)(H,18,19). The minimum Gasteiger partial charge on any atom is -0.462 e. The summed E-state index contributed by atoms with van der Waals surface area (Å²) in [4.78, 5) is 35.9. The van der Waals surface area contributed by atoms with E-state index in [1.165, 1.54) is 11.3 Å². The third-order valence-corrected chi connectivity index (χ3v) is 5.53. The number of carbonyl (C=O) groups excluding carboxylic acids is 2. The van der Waals surface area contributed by atoms with E-state index in [2.05, 4.69) is 15.5 Å². The molecular weight excluding hydrogens is 384 g/mol. The van der Waals surface area contributed by atoms with E-state index in [9.17, 15) is 19.7 Å². The van der Waals surface area contributed by atoms with Crippen molar-refractivity contribution in [3.8, 4) is 0 Å². The number of H-pyrrole nitrogens is 1. The molecule has 26 heavy (non-hydrogen) atoms. The molecule has 0 spiro atoms. The molecule has 0 unspecified atom stereocenters. The van der Waals surface area contributed by atoms with Gasteiger partial charge in [-0.15, -0.1) is 16.4 Å². The van der Waals surface area contributed by atoms with E-state index in [-0.39, 0.29) is 17.3 Å². The lowest BCUT2D eigenvalue weighted by Gasteiger charge is -2.12. The third kappa shape index (κ3) is 3.29.